The molecule has 3 aromatic carbocycles. The van der Waals surface area contributed by atoms with Crippen molar-refractivity contribution in [2.45, 2.75) is 6.54 Å². The zero-order valence-corrected chi connectivity index (χ0v) is 17.2. The van der Waals surface area contributed by atoms with Crippen molar-refractivity contribution in [3.05, 3.63) is 90.0 Å². The Balaban J connectivity index is 1.47. The monoisotopic (exact) mass is 402 g/mol. The lowest BCUT2D eigenvalue weighted by Crippen LogP contribution is -2.37. The molecule has 4 rings (SSSR count). The number of ether oxygens (including phenoxy) is 2. The van der Waals surface area contributed by atoms with Crippen LogP contribution in [-0.2, 0) is 11.3 Å². The second kappa shape index (κ2) is 9.46. The lowest BCUT2D eigenvalue weighted by atomic mass is 10.1. The van der Waals surface area contributed by atoms with Crippen LogP contribution in [0.15, 0.2) is 78.9 Å². The van der Waals surface area contributed by atoms with E-state index in [2.05, 4.69) is 17.0 Å². The second-order valence-corrected chi connectivity index (χ2v) is 7.33. The number of carbonyl (C=O) groups is 1. The average Bonchev–Trinajstić information content (AvgIpc) is 2.80. The van der Waals surface area contributed by atoms with E-state index in [0.29, 0.717) is 17.9 Å². The van der Waals surface area contributed by atoms with Crippen molar-refractivity contribution >= 4 is 11.6 Å². The van der Waals surface area contributed by atoms with Crippen LogP contribution in [0.5, 0.6) is 11.5 Å². The third kappa shape index (κ3) is 4.81. The number of amides is 1. The standard InChI is InChI=1S/C25H26N2O3/c1-26(19-21-8-5-6-13-24(21)27-14-16-29-17-15-27)25(28)20-9-7-12-23(18-20)30-22-10-3-2-4-11-22/h2-13,18H,14-17,19H2,1H3. The summed E-state index contributed by atoms with van der Waals surface area (Å²) in [5.74, 6) is 1.36. The van der Waals surface area contributed by atoms with E-state index in [1.54, 1.807) is 11.0 Å². The van der Waals surface area contributed by atoms with E-state index in [-0.39, 0.29) is 5.91 Å². The largest absolute Gasteiger partial charge is 0.457 e. The molecule has 0 atom stereocenters. The van der Waals surface area contributed by atoms with Crippen LogP contribution in [0.25, 0.3) is 0 Å². The minimum absolute atomic E-state index is 0.0368. The summed E-state index contributed by atoms with van der Waals surface area (Å²) in [6.45, 7) is 3.74. The number of carbonyl (C=O) groups excluding carboxylic acids is 1. The van der Waals surface area contributed by atoms with Gasteiger partial charge in [-0.05, 0) is 42.0 Å². The van der Waals surface area contributed by atoms with Crippen molar-refractivity contribution in [2.75, 3.05) is 38.3 Å². The molecule has 1 amide bonds. The van der Waals surface area contributed by atoms with Crippen LogP contribution < -0.4 is 9.64 Å². The normalized spacial score (nSPS) is 13.7. The minimum atomic E-state index is -0.0368. The highest BCUT2D eigenvalue weighted by molar-refractivity contribution is 5.94. The first-order valence-electron chi connectivity index (χ1n) is 10.2. The van der Waals surface area contributed by atoms with Crippen molar-refractivity contribution in [3.8, 4) is 11.5 Å². The molecule has 5 nitrogen and oxygen atoms in total. The Labute approximate surface area is 177 Å². The maximum absolute atomic E-state index is 13.1. The molecule has 1 fully saturated rings. The lowest BCUT2D eigenvalue weighted by molar-refractivity contribution is 0.0784. The molecule has 1 aliphatic heterocycles. The van der Waals surface area contributed by atoms with Gasteiger partial charge in [0.15, 0.2) is 0 Å². The first kappa shape index (κ1) is 20.0. The Hall–Kier alpha value is -3.31. The molecule has 1 saturated heterocycles. The van der Waals surface area contributed by atoms with Crippen molar-refractivity contribution in [3.63, 3.8) is 0 Å². The first-order valence-corrected chi connectivity index (χ1v) is 10.2. The predicted octanol–water partition coefficient (Wildman–Crippen LogP) is 4.59. The molecule has 30 heavy (non-hydrogen) atoms. The molecule has 1 heterocycles. The van der Waals surface area contributed by atoms with Crippen LogP contribution >= 0.6 is 0 Å². The molecule has 0 N–H and O–H groups in total. The molecule has 0 bridgehead atoms. The topological polar surface area (TPSA) is 42.0 Å². The smallest absolute Gasteiger partial charge is 0.254 e. The summed E-state index contributed by atoms with van der Waals surface area (Å²) in [5.41, 5.74) is 2.91. The number of morpholine rings is 1. The Bertz CT molecular complexity index is 984. The maximum Gasteiger partial charge on any atom is 0.254 e. The first-order chi connectivity index (χ1) is 14.7. The van der Waals surface area contributed by atoms with E-state index in [1.807, 2.05) is 67.7 Å². The molecule has 3 aromatic rings. The zero-order chi connectivity index (χ0) is 20.8. The van der Waals surface area contributed by atoms with Crippen LogP contribution in [0, 0.1) is 0 Å². The SMILES string of the molecule is CN(Cc1ccccc1N1CCOCC1)C(=O)c1cccc(Oc2ccccc2)c1. The summed E-state index contributed by atoms with van der Waals surface area (Å²) in [6, 6.07) is 25.2. The Morgan fingerprint density at radius 1 is 0.933 bits per heavy atom. The van der Waals surface area contributed by atoms with Crippen molar-refractivity contribution < 1.29 is 14.3 Å². The number of hydrogen-bond acceptors (Lipinski definition) is 4. The molecule has 5 heteroatoms. The minimum Gasteiger partial charge on any atom is -0.457 e. The lowest BCUT2D eigenvalue weighted by Gasteiger charge is -2.31. The van der Waals surface area contributed by atoms with Crippen molar-refractivity contribution in [1.82, 2.24) is 4.90 Å². The van der Waals surface area contributed by atoms with Crippen LogP contribution in [0.2, 0.25) is 0 Å². The van der Waals surface area contributed by atoms with E-state index in [9.17, 15) is 4.79 Å². The van der Waals surface area contributed by atoms with E-state index in [1.165, 1.54) is 5.69 Å². The third-order valence-corrected chi connectivity index (χ3v) is 5.16. The molecular formula is C25H26N2O3. The second-order valence-electron chi connectivity index (χ2n) is 7.33. The number of nitrogens with zero attached hydrogens (tertiary/aromatic N) is 2. The summed E-state index contributed by atoms with van der Waals surface area (Å²) in [5, 5.41) is 0. The van der Waals surface area contributed by atoms with Gasteiger partial charge in [-0.2, -0.15) is 0 Å². The summed E-state index contributed by atoms with van der Waals surface area (Å²) in [6.07, 6.45) is 0. The van der Waals surface area contributed by atoms with Gasteiger partial charge in [-0.15, -0.1) is 0 Å². The third-order valence-electron chi connectivity index (χ3n) is 5.16. The predicted molar refractivity (Wildman–Crippen MR) is 118 cm³/mol. The molecule has 0 radical (unpaired) electrons. The van der Waals surface area contributed by atoms with Gasteiger partial charge >= 0.3 is 0 Å². The Kier molecular flexibility index (Phi) is 6.30. The van der Waals surface area contributed by atoms with Gasteiger partial charge in [0.05, 0.1) is 13.2 Å². The fourth-order valence-corrected chi connectivity index (χ4v) is 3.62. The van der Waals surface area contributed by atoms with E-state index >= 15 is 0 Å². The molecule has 1 aliphatic rings. The van der Waals surface area contributed by atoms with Crippen LogP contribution in [-0.4, -0.2) is 44.2 Å². The number of anilines is 1. The number of rotatable bonds is 6. The molecule has 154 valence electrons. The van der Waals surface area contributed by atoms with Gasteiger partial charge in [0.25, 0.3) is 5.91 Å². The number of benzene rings is 3. The highest BCUT2D eigenvalue weighted by atomic mass is 16.5. The summed E-state index contributed by atoms with van der Waals surface area (Å²) >= 11 is 0. The molecule has 0 aliphatic carbocycles. The Morgan fingerprint density at radius 3 is 2.43 bits per heavy atom. The van der Waals surface area contributed by atoms with E-state index < -0.39 is 0 Å². The van der Waals surface area contributed by atoms with Crippen LogP contribution in [0.4, 0.5) is 5.69 Å². The fourth-order valence-electron chi connectivity index (χ4n) is 3.62. The molecule has 0 aromatic heterocycles. The summed E-state index contributed by atoms with van der Waals surface area (Å²) in [4.78, 5) is 17.2. The van der Waals surface area contributed by atoms with Gasteiger partial charge in [-0.3, -0.25) is 4.79 Å². The number of hydrogen-bond donors (Lipinski definition) is 0. The molecule has 0 saturated carbocycles. The molecule has 0 spiro atoms. The van der Waals surface area contributed by atoms with Gasteiger partial charge in [0, 0.05) is 37.9 Å². The van der Waals surface area contributed by atoms with Gasteiger partial charge in [-0.25, -0.2) is 0 Å². The van der Waals surface area contributed by atoms with Crippen molar-refractivity contribution in [2.24, 2.45) is 0 Å². The van der Waals surface area contributed by atoms with Crippen LogP contribution in [0.1, 0.15) is 15.9 Å². The van der Waals surface area contributed by atoms with Gasteiger partial charge in [-0.1, -0.05) is 42.5 Å². The maximum atomic E-state index is 13.1. The Morgan fingerprint density at radius 2 is 1.63 bits per heavy atom. The average molecular weight is 402 g/mol. The zero-order valence-electron chi connectivity index (χ0n) is 17.2. The van der Waals surface area contributed by atoms with E-state index in [0.717, 1.165) is 37.6 Å². The van der Waals surface area contributed by atoms with Gasteiger partial charge < -0.3 is 19.3 Å². The molecular weight excluding hydrogens is 376 g/mol. The highest BCUT2D eigenvalue weighted by Gasteiger charge is 2.18. The van der Waals surface area contributed by atoms with Gasteiger partial charge in [0.1, 0.15) is 11.5 Å². The van der Waals surface area contributed by atoms with Crippen LogP contribution in [0.3, 0.4) is 0 Å². The fraction of sp³-hybridized carbons (Fsp3) is 0.240. The highest BCUT2D eigenvalue weighted by Crippen LogP contribution is 2.25. The quantitative estimate of drug-likeness (QED) is 0.605. The van der Waals surface area contributed by atoms with Gasteiger partial charge in [0.2, 0.25) is 0 Å². The van der Waals surface area contributed by atoms with E-state index in [4.69, 9.17) is 9.47 Å². The summed E-state index contributed by atoms with van der Waals surface area (Å²) < 4.78 is 11.4. The number of para-hydroxylation sites is 2. The summed E-state index contributed by atoms with van der Waals surface area (Å²) in [7, 11) is 1.84. The molecule has 0 unspecified atom stereocenters. The van der Waals surface area contributed by atoms with Crippen molar-refractivity contribution in [1.29, 1.82) is 0 Å².